The molecule has 10 nitrogen and oxygen atoms in total. The molecule has 3 saturated heterocycles. The van der Waals surface area contributed by atoms with Gasteiger partial charge in [-0.3, -0.25) is 4.90 Å². The Kier molecular flexibility index (Phi) is 10.8. The van der Waals surface area contributed by atoms with E-state index in [1.807, 2.05) is 30.3 Å². The third-order valence-electron chi connectivity index (χ3n) is 10.6. The minimum atomic E-state index is -1.15. The number of aliphatic hydroxyl groups excluding tert-OH is 1. The summed E-state index contributed by atoms with van der Waals surface area (Å²) in [6, 6.07) is 21.4. The number of nitrogens with zero attached hydrogens (tertiary/aromatic N) is 1. The number of aromatic nitrogens is 1. The van der Waals surface area contributed by atoms with Gasteiger partial charge in [-0.1, -0.05) is 24.3 Å². The summed E-state index contributed by atoms with van der Waals surface area (Å²) in [4.78, 5) is 44.4. The number of esters is 1. The van der Waals surface area contributed by atoms with Crippen LogP contribution in [0, 0.1) is 5.92 Å². The van der Waals surface area contributed by atoms with E-state index in [-0.39, 0.29) is 45.0 Å². The van der Waals surface area contributed by atoms with E-state index >= 15 is 0 Å². The van der Waals surface area contributed by atoms with Crippen molar-refractivity contribution in [1.82, 2.24) is 15.2 Å². The van der Waals surface area contributed by atoms with Crippen LogP contribution in [0.2, 0.25) is 10.4 Å². The van der Waals surface area contributed by atoms with Gasteiger partial charge >= 0.3 is 198 Å². The molecule has 2 bridgehead atoms. The maximum atomic E-state index is 13.9. The second kappa shape index (κ2) is 15.6. The Bertz CT molecular complexity index is 1910. The summed E-state index contributed by atoms with van der Waals surface area (Å²) in [7, 11) is 0. The number of phenolic OH excluding ortho intramolecular Hbond substituents is 1. The van der Waals surface area contributed by atoms with Crippen LogP contribution < -0.4 is 15.6 Å². The fourth-order valence-electron chi connectivity index (χ4n) is 7.76. The van der Waals surface area contributed by atoms with Crippen molar-refractivity contribution in [2.75, 3.05) is 26.2 Å². The van der Waals surface area contributed by atoms with Crippen LogP contribution >= 0.6 is 0 Å². The summed E-state index contributed by atoms with van der Waals surface area (Å²) in [6.07, 6.45) is 4.99. The predicted molar refractivity (Wildman–Crippen MR) is 195 cm³/mol. The van der Waals surface area contributed by atoms with E-state index in [4.69, 9.17) is 9.47 Å². The van der Waals surface area contributed by atoms with Gasteiger partial charge in [0.15, 0.2) is 0 Å². The molecular weight excluding hydrogens is 709 g/mol. The SMILES string of the molecule is O=C(NC1(C(=O)OC2CN3CCC2CC3)Cc2ccccc2C1)c1cccc(OCCCCC[As]CC(O)c2ccc(O)c3[nH]c(=O)ccc23)c1. The molecule has 1 amide bonds. The Hall–Kier alpha value is -4.11. The number of benzene rings is 3. The number of phenols is 1. The molecule has 1 aromatic heterocycles. The molecule has 4 N–H and O–H groups in total. The van der Waals surface area contributed by atoms with Crippen LogP contribution in [0.1, 0.15) is 65.3 Å². The maximum absolute atomic E-state index is 13.9. The number of nitrogens with one attached hydrogen (secondary N) is 2. The van der Waals surface area contributed by atoms with E-state index in [2.05, 4.69) is 15.2 Å². The number of aromatic amines is 1. The predicted octanol–water partition coefficient (Wildman–Crippen LogP) is 4.96. The zero-order valence-electron chi connectivity index (χ0n) is 28.7. The Morgan fingerprint density at radius 3 is 2.51 bits per heavy atom. The quantitative estimate of drug-likeness (QED) is 0.0805. The number of pyridine rings is 1. The summed E-state index contributed by atoms with van der Waals surface area (Å²) in [5.41, 5.74) is 2.17. The van der Waals surface area contributed by atoms with Crippen LogP contribution in [-0.4, -0.2) is 85.6 Å². The second-order valence-corrected chi connectivity index (χ2v) is 16.8. The molecule has 4 heterocycles. The van der Waals surface area contributed by atoms with Gasteiger partial charge in [0.1, 0.15) is 6.10 Å². The normalized spacial score (nSPS) is 21.1. The van der Waals surface area contributed by atoms with Crippen molar-refractivity contribution in [3.05, 3.63) is 105 Å². The molecule has 0 saturated carbocycles. The molecule has 8 rings (SSSR count). The molecular formula is C40H45AsN3O7. The van der Waals surface area contributed by atoms with Gasteiger partial charge < -0.3 is 4.74 Å². The topological polar surface area (TPSA) is 141 Å². The molecule has 3 fully saturated rings. The molecule has 267 valence electrons. The van der Waals surface area contributed by atoms with E-state index < -0.39 is 11.6 Å². The number of carbonyl (C=O) groups is 2. The van der Waals surface area contributed by atoms with Gasteiger partial charge in [0, 0.05) is 19.4 Å². The third-order valence-corrected chi connectivity index (χ3v) is 13.2. The number of fused-ring (bicyclic) bond motifs is 5. The molecule has 3 aromatic carbocycles. The molecule has 2 atom stereocenters. The fourth-order valence-corrected chi connectivity index (χ4v) is 10.0. The Morgan fingerprint density at radius 1 is 0.980 bits per heavy atom. The number of unbranched alkanes of at least 4 members (excludes halogenated alkanes) is 2. The average Bonchev–Trinajstić information content (AvgIpc) is 3.53. The first-order chi connectivity index (χ1) is 24.8. The number of rotatable bonds is 14. The molecule has 1 radical (unpaired) electrons. The number of aliphatic hydroxyl groups is 1. The van der Waals surface area contributed by atoms with Crippen molar-refractivity contribution in [1.29, 1.82) is 0 Å². The monoisotopic (exact) mass is 754 g/mol. The van der Waals surface area contributed by atoms with E-state index in [1.54, 1.807) is 30.3 Å². The Morgan fingerprint density at radius 2 is 1.76 bits per heavy atom. The van der Waals surface area contributed by atoms with Crippen molar-refractivity contribution >= 4 is 38.5 Å². The van der Waals surface area contributed by atoms with Crippen molar-refractivity contribution in [3.63, 3.8) is 0 Å². The Labute approximate surface area is 304 Å². The van der Waals surface area contributed by atoms with Crippen molar-refractivity contribution in [2.45, 2.75) is 73.1 Å². The van der Waals surface area contributed by atoms with Crippen LogP contribution in [0.5, 0.6) is 11.5 Å². The molecule has 0 spiro atoms. The Balaban J connectivity index is 0.879. The molecule has 4 aromatic rings. The van der Waals surface area contributed by atoms with Crippen LogP contribution in [0.4, 0.5) is 0 Å². The summed E-state index contributed by atoms with van der Waals surface area (Å²) in [5, 5.41) is 26.4. The van der Waals surface area contributed by atoms with E-state index in [0.717, 1.165) is 68.1 Å². The van der Waals surface area contributed by atoms with E-state index in [1.165, 1.54) is 12.1 Å². The minimum absolute atomic E-state index is 0.00965. The van der Waals surface area contributed by atoms with E-state index in [9.17, 15) is 24.6 Å². The molecule has 2 unspecified atom stereocenters. The van der Waals surface area contributed by atoms with Gasteiger partial charge in [-0.2, -0.15) is 0 Å². The van der Waals surface area contributed by atoms with Crippen LogP contribution in [0.15, 0.2) is 77.6 Å². The van der Waals surface area contributed by atoms with Crippen molar-refractivity contribution in [3.8, 4) is 11.5 Å². The average molecular weight is 755 g/mol. The first-order valence-electron chi connectivity index (χ1n) is 18.0. The molecule has 1 aliphatic carbocycles. The van der Waals surface area contributed by atoms with Crippen LogP contribution in [-0.2, 0) is 22.4 Å². The van der Waals surface area contributed by atoms with E-state index in [0.29, 0.717) is 58.4 Å². The number of aromatic hydroxyl groups is 1. The van der Waals surface area contributed by atoms with Crippen molar-refractivity contribution in [2.24, 2.45) is 5.92 Å². The van der Waals surface area contributed by atoms with Crippen LogP contribution in [0.3, 0.4) is 0 Å². The zero-order chi connectivity index (χ0) is 35.4. The number of H-pyrrole nitrogens is 1. The number of hydrogen-bond acceptors (Lipinski definition) is 8. The van der Waals surface area contributed by atoms with Gasteiger partial charge in [-0.05, 0) is 43.0 Å². The molecule has 4 aliphatic rings. The van der Waals surface area contributed by atoms with Gasteiger partial charge in [0.2, 0.25) is 0 Å². The summed E-state index contributed by atoms with van der Waals surface area (Å²) in [5.74, 6) is 0.313. The van der Waals surface area contributed by atoms with Gasteiger partial charge in [0.25, 0.3) is 0 Å². The third kappa shape index (κ3) is 8.03. The zero-order valence-corrected chi connectivity index (χ0v) is 30.6. The van der Waals surface area contributed by atoms with Gasteiger partial charge in [-0.25, -0.2) is 4.79 Å². The van der Waals surface area contributed by atoms with Crippen molar-refractivity contribution < 1.29 is 29.3 Å². The number of carbonyl (C=O) groups excluding carboxylic acids is 2. The first kappa shape index (κ1) is 35.3. The number of piperidine rings is 3. The molecule has 51 heavy (non-hydrogen) atoms. The summed E-state index contributed by atoms with van der Waals surface area (Å²) < 4.78 is 12.2. The van der Waals surface area contributed by atoms with Gasteiger partial charge in [-0.15, -0.1) is 0 Å². The summed E-state index contributed by atoms with van der Waals surface area (Å²) in [6.45, 7) is 3.40. The van der Waals surface area contributed by atoms with Gasteiger partial charge in [0.05, 0.1) is 0 Å². The number of hydrogen-bond donors (Lipinski definition) is 4. The molecule has 11 heteroatoms. The number of amides is 1. The standard InChI is InChI=1S/C40H45AsN3O7/c45-33-13-11-31(32-12-14-36(47)42-37(32)33)34(46)24-41-17-4-1-5-20-50-30-10-6-9-27(21-30)38(48)43-40(22-28-7-2-3-8-29(28)23-40)39(49)51-35-25-44-18-15-26(35)16-19-44/h2-3,6-14,21,26,34-35,45-46H,1,4-5,15-20,22-25H2,(H,42,47)(H,43,48). The fraction of sp³-hybridized carbons (Fsp3) is 0.425. The number of ether oxygens (including phenoxy) is 2. The molecule has 3 aliphatic heterocycles. The summed E-state index contributed by atoms with van der Waals surface area (Å²) >= 11 is -0.0756. The first-order valence-corrected chi connectivity index (χ1v) is 20.7. The van der Waals surface area contributed by atoms with Crippen LogP contribution in [0.25, 0.3) is 10.9 Å². The second-order valence-electron chi connectivity index (χ2n) is 14.1.